The van der Waals surface area contributed by atoms with E-state index in [0.717, 1.165) is 22.3 Å². The standard InChI is InChI=1S/C22H29NO3S3Si/c1-5-24-30(25-6-2,26-7-3)15-14-18-16-17(4)12-13-20(18)28-29-22-23-19-10-8-9-11-21(19)27-22/h8-13,16H,5-7,14-15H2,1-4H3. The van der Waals surface area contributed by atoms with Gasteiger partial charge in [-0.15, -0.1) is 11.3 Å². The molecular weight excluding hydrogens is 451 g/mol. The molecule has 0 radical (unpaired) electrons. The van der Waals surface area contributed by atoms with Gasteiger partial charge in [-0.3, -0.25) is 0 Å². The second-order valence-corrected chi connectivity index (χ2v) is 12.9. The largest absolute Gasteiger partial charge is 0.501 e. The van der Waals surface area contributed by atoms with E-state index in [1.54, 1.807) is 32.9 Å². The molecule has 1 aromatic heterocycles. The number of rotatable bonds is 12. The summed E-state index contributed by atoms with van der Waals surface area (Å²) in [4.78, 5) is 6.00. The molecule has 0 amide bonds. The van der Waals surface area contributed by atoms with Crippen molar-refractivity contribution >= 4 is 51.9 Å². The van der Waals surface area contributed by atoms with Crippen LogP contribution in [0.5, 0.6) is 0 Å². The monoisotopic (exact) mass is 479 g/mol. The molecule has 4 nitrogen and oxygen atoms in total. The number of hydrogen-bond donors (Lipinski definition) is 0. The molecule has 0 aliphatic heterocycles. The van der Waals surface area contributed by atoms with Gasteiger partial charge >= 0.3 is 8.80 Å². The molecule has 0 N–H and O–H groups in total. The Bertz CT molecular complexity index is 900. The molecule has 162 valence electrons. The number of aromatic nitrogens is 1. The van der Waals surface area contributed by atoms with Crippen molar-refractivity contribution in [2.75, 3.05) is 19.8 Å². The first kappa shape index (κ1) is 23.8. The van der Waals surface area contributed by atoms with Crippen LogP contribution in [0.4, 0.5) is 0 Å². The van der Waals surface area contributed by atoms with Crippen molar-refractivity contribution in [3.05, 3.63) is 53.6 Å². The Balaban J connectivity index is 1.73. The van der Waals surface area contributed by atoms with Crippen molar-refractivity contribution in [1.82, 2.24) is 4.98 Å². The van der Waals surface area contributed by atoms with Crippen LogP contribution in [0.25, 0.3) is 10.2 Å². The molecule has 1 heterocycles. The van der Waals surface area contributed by atoms with Gasteiger partial charge in [0.1, 0.15) is 0 Å². The molecular formula is C22H29NO3S3Si. The van der Waals surface area contributed by atoms with Crippen molar-refractivity contribution in [2.45, 2.75) is 49.4 Å². The number of benzene rings is 2. The van der Waals surface area contributed by atoms with Gasteiger partial charge in [0.2, 0.25) is 0 Å². The first-order valence-electron chi connectivity index (χ1n) is 10.3. The van der Waals surface area contributed by atoms with Gasteiger partial charge in [-0.2, -0.15) is 0 Å². The van der Waals surface area contributed by atoms with Crippen molar-refractivity contribution in [1.29, 1.82) is 0 Å². The highest BCUT2D eigenvalue weighted by molar-refractivity contribution is 8.77. The lowest BCUT2D eigenvalue weighted by Crippen LogP contribution is -2.46. The molecule has 3 rings (SSSR count). The number of thiazole rings is 1. The molecule has 0 unspecified atom stereocenters. The van der Waals surface area contributed by atoms with E-state index in [1.807, 2.05) is 26.8 Å². The maximum absolute atomic E-state index is 6.04. The maximum atomic E-state index is 6.04. The van der Waals surface area contributed by atoms with E-state index in [-0.39, 0.29) is 0 Å². The van der Waals surface area contributed by atoms with E-state index in [4.69, 9.17) is 18.3 Å². The highest BCUT2D eigenvalue weighted by Gasteiger charge is 2.40. The van der Waals surface area contributed by atoms with Crippen LogP contribution in [0.3, 0.4) is 0 Å². The molecule has 0 saturated carbocycles. The van der Waals surface area contributed by atoms with E-state index in [9.17, 15) is 0 Å². The van der Waals surface area contributed by atoms with Crippen LogP contribution >= 0.6 is 32.9 Å². The van der Waals surface area contributed by atoms with E-state index in [2.05, 4.69) is 43.3 Å². The molecule has 0 aliphatic rings. The minimum atomic E-state index is -2.65. The summed E-state index contributed by atoms with van der Waals surface area (Å²) in [6, 6.07) is 15.7. The third kappa shape index (κ3) is 6.32. The summed E-state index contributed by atoms with van der Waals surface area (Å²) in [5, 5.41) is 0. The predicted molar refractivity (Wildman–Crippen MR) is 132 cm³/mol. The fourth-order valence-electron chi connectivity index (χ4n) is 3.24. The second-order valence-electron chi connectivity index (χ2n) is 6.71. The Morgan fingerprint density at radius 1 is 0.933 bits per heavy atom. The van der Waals surface area contributed by atoms with Crippen LogP contribution in [-0.4, -0.2) is 33.6 Å². The summed E-state index contributed by atoms with van der Waals surface area (Å²) >= 11 is 1.74. The molecule has 3 aromatic rings. The van der Waals surface area contributed by atoms with Crippen LogP contribution < -0.4 is 0 Å². The van der Waals surface area contributed by atoms with Crippen LogP contribution in [-0.2, 0) is 19.7 Å². The Labute approximate surface area is 192 Å². The van der Waals surface area contributed by atoms with E-state index in [1.165, 1.54) is 20.7 Å². The molecule has 2 aromatic carbocycles. The summed E-state index contributed by atoms with van der Waals surface area (Å²) in [5.74, 6) is 0. The fraction of sp³-hybridized carbons (Fsp3) is 0.409. The van der Waals surface area contributed by atoms with Gasteiger partial charge in [-0.1, -0.05) is 29.8 Å². The summed E-state index contributed by atoms with van der Waals surface area (Å²) in [7, 11) is 0.843. The smallest absolute Gasteiger partial charge is 0.374 e. The third-order valence-electron chi connectivity index (χ3n) is 4.49. The van der Waals surface area contributed by atoms with Gasteiger partial charge in [0.25, 0.3) is 0 Å². The van der Waals surface area contributed by atoms with Gasteiger partial charge in [0.15, 0.2) is 4.34 Å². The Hall–Kier alpha value is -0.873. The van der Waals surface area contributed by atoms with Gasteiger partial charge in [-0.05, 0) is 79.5 Å². The number of hydrogen-bond acceptors (Lipinski definition) is 7. The number of nitrogens with zero attached hydrogens (tertiary/aromatic N) is 1. The summed E-state index contributed by atoms with van der Waals surface area (Å²) in [6.07, 6.45) is 0.872. The minimum Gasteiger partial charge on any atom is -0.374 e. The molecule has 0 aliphatic carbocycles. The normalized spacial score (nSPS) is 12.0. The van der Waals surface area contributed by atoms with E-state index >= 15 is 0 Å². The number of aryl methyl sites for hydroxylation is 2. The Kier molecular flexibility index (Phi) is 9.25. The van der Waals surface area contributed by atoms with Crippen molar-refractivity contribution < 1.29 is 13.3 Å². The topological polar surface area (TPSA) is 40.6 Å². The highest BCUT2D eigenvalue weighted by atomic mass is 33.1. The lowest BCUT2D eigenvalue weighted by atomic mass is 10.1. The second kappa shape index (κ2) is 11.7. The third-order valence-corrected chi connectivity index (χ3v) is 11.3. The molecule has 0 saturated heterocycles. The Morgan fingerprint density at radius 2 is 1.63 bits per heavy atom. The summed E-state index contributed by atoms with van der Waals surface area (Å²) in [5.41, 5.74) is 3.64. The van der Waals surface area contributed by atoms with Crippen molar-refractivity contribution in [2.24, 2.45) is 0 Å². The zero-order valence-corrected chi connectivity index (χ0v) is 21.4. The molecule has 0 fully saturated rings. The fourth-order valence-corrected chi connectivity index (χ4v) is 9.31. The van der Waals surface area contributed by atoms with Crippen LogP contribution in [0.15, 0.2) is 51.7 Å². The van der Waals surface area contributed by atoms with E-state index < -0.39 is 8.80 Å². The predicted octanol–water partition coefficient (Wildman–Crippen LogP) is 7.00. The summed E-state index contributed by atoms with van der Waals surface area (Å²) in [6.45, 7) is 9.96. The van der Waals surface area contributed by atoms with Crippen LogP contribution in [0.2, 0.25) is 6.04 Å². The van der Waals surface area contributed by atoms with Crippen molar-refractivity contribution in [3.8, 4) is 0 Å². The average molecular weight is 480 g/mol. The molecule has 30 heavy (non-hydrogen) atoms. The van der Waals surface area contributed by atoms with E-state index in [0.29, 0.717) is 19.8 Å². The van der Waals surface area contributed by atoms with Gasteiger partial charge < -0.3 is 13.3 Å². The van der Waals surface area contributed by atoms with Crippen molar-refractivity contribution in [3.63, 3.8) is 0 Å². The quantitative estimate of drug-likeness (QED) is 0.206. The SMILES string of the molecule is CCO[Si](CCc1cc(C)ccc1SSc1nc2ccccc2s1)(OCC)OCC. The minimum absolute atomic E-state index is 0.606. The number of para-hydroxylation sites is 1. The Morgan fingerprint density at radius 3 is 2.30 bits per heavy atom. The zero-order valence-electron chi connectivity index (χ0n) is 18.0. The van der Waals surface area contributed by atoms with Gasteiger partial charge in [0.05, 0.1) is 10.2 Å². The summed E-state index contributed by atoms with van der Waals surface area (Å²) < 4.78 is 20.4. The molecule has 0 atom stereocenters. The first-order valence-corrected chi connectivity index (χ1v) is 15.2. The molecule has 0 bridgehead atoms. The average Bonchev–Trinajstić information content (AvgIpc) is 3.15. The van der Waals surface area contributed by atoms with Crippen LogP contribution in [0, 0.1) is 6.92 Å². The molecule has 8 heteroatoms. The van der Waals surface area contributed by atoms with Crippen LogP contribution in [0.1, 0.15) is 31.9 Å². The lowest BCUT2D eigenvalue weighted by Gasteiger charge is -2.28. The van der Waals surface area contributed by atoms with Gasteiger partial charge in [0, 0.05) is 30.8 Å². The molecule has 0 spiro atoms. The maximum Gasteiger partial charge on any atom is 0.501 e. The highest BCUT2D eigenvalue weighted by Crippen LogP contribution is 2.42. The lowest BCUT2D eigenvalue weighted by molar-refractivity contribution is 0.0714. The first-order chi connectivity index (χ1) is 14.6. The van der Waals surface area contributed by atoms with Gasteiger partial charge in [-0.25, -0.2) is 4.98 Å². The number of fused-ring (bicyclic) bond motifs is 1. The zero-order chi connectivity index (χ0) is 21.4.